The van der Waals surface area contributed by atoms with Crippen LogP contribution in [0.4, 0.5) is 0 Å². The zero-order valence-corrected chi connectivity index (χ0v) is 31.8. The fourth-order valence-corrected chi connectivity index (χ4v) is 7.20. The molecule has 2 aromatic carbocycles. The number of amides is 6. The van der Waals surface area contributed by atoms with Crippen LogP contribution < -0.4 is 27.4 Å². The Labute approximate surface area is 317 Å². The Hall–Kier alpha value is -4.98. The molecular weight excluding hydrogens is 690 g/mol. The molecule has 2 aromatic rings. The minimum Gasteiger partial charge on any atom is -0.508 e. The zero-order valence-electron chi connectivity index (χ0n) is 31.8. The lowest BCUT2D eigenvalue weighted by atomic mass is 9.96. The van der Waals surface area contributed by atoms with E-state index in [1.165, 1.54) is 21.9 Å². The van der Waals surface area contributed by atoms with Gasteiger partial charge in [-0.1, -0.05) is 83.0 Å². The van der Waals surface area contributed by atoms with Crippen LogP contribution in [0.15, 0.2) is 54.6 Å². The SMILES string of the molecule is CC[C@H](C)[C@H](NC(=O)[C@@H]1CCCN1C(=O)[C@@H](NC(=O)[C@@H]1CCCN1C(=O)[C@H](Cc1ccccc1)NC(=O)[C@@H](N)Cc1ccc(O)cc1)[C@@H](C)CC)C(N)=O. The number of benzene rings is 2. The molecule has 0 aliphatic carbocycles. The van der Waals surface area contributed by atoms with Crippen molar-refractivity contribution in [2.24, 2.45) is 23.3 Å². The van der Waals surface area contributed by atoms with Gasteiger partial charge >= 0.3 is 0 Å². The second-order valence-electron chi connectivity index (χ2n) is 14.8. The van der Waals surface area contributed by atoms with Gasteiger partial charge in [0.15, 0.2) is 0 Å². The number of carbonyl (C=O) groups is 6. The summed E-state index contributed by atoms with van der Waals surface area (Å²) in [5.74, 6) is -3.35. The van der Waals surface area contributed by atoms with E-state index in [4.69, 9.17) is 11.5 Å². The van der Waals surface area contributed by atoms with E-state index in [1.807, 2.05) is 58.0 Å². The second-order valence-corrected chi connectivity index (χ2v) is 14.8. The molecule has 0 unspecified atom stereocenters. The summed E-state index contributed by atoms with van der Waals surface area (Å²) in [6.07, 6.45) is 3.42. The van der Waals surface area contributed by atoms with E-state index in [0.717, 1.165) is 11.1 Å². The number of nitrogens with one attached hydrogen (secondary N) is 3. The first-order valence-corrected chi connectivity index (χ1v) is 19.1. The average Bonchev–Trinajstić information content (AvgIpc) is 3.87. The topological polar surface area (TPSA) is 217 Å². The minimum absolute atomic E-state index is 0.0919. The molecule has 6 amide bonds. The van der Waals surface area contributed by atoms with Crippen LogP contribution in [0.5, 0.6) is 5.75 Å². The molecular formula is C40H57N7O7. The molecule has 54 heavy (non-hydrogen) atoms. The Bertz CT molecular complexity index is 1620. The lowest BCUT2D eigenvalue weighted by Gasteiger charge is -2.34. The Morgan fingerprint density at radius 3 is 1.76 bits per heavy atom. The molecule has 0 saturated carbocycles. The Balaban J connectivity index is 1.50. The monoisotopic (exact) mass is 747 g/mol. The van der Waals surface area contributed by atoms with Crippen LogP contribution in [0.2, 0.25) is 0 Å². The highest BCUT2D eigenvalue weighted by molar-refractivity contribution is 5.97. The van der Waals surface area contributed by atoms with Gasteiger partial charge in [0.25, 0.3) is 0 Å². The molecule has 0 bridgehead atoms. The molecule has 0 aromatic heterocycles. The number of nitrogens with zero attached hydrogens (tertiary/aromatic N) is 2. The van der Waals surface area contributed by atoms with E-state index in [-0.39, 0.29) is 37.0 Å². The lowest BCUT2D eigenvalue weighted by molar-refractivity contribution is -0.145. The maximum atomic E-state index is 14.3. The number of primary amides is 1. The highest BCUT2D eigenvalue weighted by Crippen LogP contribution is 2.25. The molecule has 0 spiro atoms. The fourth-order valence-electron chi connectivity index (χ4n) is 7.20. The Morgan fingerprint density at radius 2 is 1.22 bits per heavy atom. The van der Waals surface area contributed by atoms with Gasteiger partial charge in [0.2, 0.25) is 35.4 Å². The summed E-state index contributed by atoms with van der Waals surface area (Å²) in [4.78, 5) is 84.4. The average molecular weight is 748 g/mol. The third-order valence-corrected chi connectivity index (χ3v) is 10.9. The number of nitrogens with two attached hydrogens (primary N) is 2. The number of aromatic hydroxyl groups is 1. The van der Waals surface area contributed by atoms with Gasteiger partial charge in [0.1, 0.15) is 36.0 Å². The van der Waals surface area contributed by atoms with Crippen molar-refractivity contribution < 1.29 is 33.9 Å². The van der Waals surface area contributed by atoms with Crippen LogP contribution in [-0.4, -0.2) is 99.7 Å². The standard InChI is InChI=1S/C40H57N7O7/c1-5-24(3)33(35(42)49)44-37(51)32-15-11-21-47(32)40(54)34(25(4)6-2)45-38(52)31-14-10-20-46(31)39(53)30(23-26-12-8-7-9-13-26)43-36(50)29(41)22-27-16-18-28(48)19-17-27/h7-9,12-13,16-19,24-25,29-34,48H,5-6,10-11,14-15,20-23,41H2,1-4H3,(H2,42,49)(H,43,50)(H,44,51)(H,45,52)/t24-,25-,29-,30-,31-,32-,33-,34-/m0/s1. The smallest absolute Gasteiger partial charge is 0.246 e. The van der Waals surface area contributed by atoms with Gasteiger partial charge in [-0.05, 0) is 67.2 Å². The van der Waals surface area contributed by atoms with Crippen molar-refractivity contribution in [3.05, 3.63) is 65.7 Å². The van der Waals surface area contributed by atoms with Crippen molar-refractivity contribution in [1.82, 2.24) is 25.8 Å². The van der Waals surface area contributed by atoms with Crippen molar-refractivity contribution in [3.8, 4) is 5.75 Å². The van der Waals surface area contributed by atoms with Crippen molar-refractivity contribution in [2.75, 3.05) is 13.1 Å². The number of phenolic OH excluding ortho intramolecular Hbond substituents is 1. The Kier molecular flexibility index (Phi) is 15.0. The third kappa shape index (κ3) is 10.6. The van der Waals surface area contributed by atoms with Crippen LogP contribution in [0, 0.1) is 11.8 Å². The first-order valence-electron chi connectivity index (χ1n) is 19.1. The van der Waals surface area contributed by atoms with E-state index in [0.29, 0.717) is 45.1 Å². The van der Waals surface area contributed by atoms with Crippen LogP contribution in [-0.2, 0) is 41.6 Å². The van der Waals surface area contributed by atoms with E-state index >= 15 is 0 Å². The highest BCUT2D eigenvalue weighted by Gasteiger charge is 2.43. The van der Waals surface area contributed by atoms with E-state index < -0.39 is 71.7 Å². The van der Waals surface area contributed by atoms with Gasteiger partial charge in [-0.2, -0.15) is 0 Å². The Morgan fingerprint density at radius 1 is 0.722 bits per heavy atom. The predicted molar refractivity (Wildman–Crippen MR) is 203 cm³/mol. The van der Waals surface area contributed by atoms with Crippen LogP contribution in [0.25, 0.3) is 0 Å². The summed E-state index contributed by atoms with van der Waals surface area (Å²) in [7, 11) is 0. The molecule has 2 aliphatic heterocycles. The lowest BCUT2D eigenvalue weighted by Crippen LogP contribution is -2.60. The van der Waals surface area contributed by atoms with Crippen LogP contribution >= 0.6 is 0 Å². The molecule has 2 aliphatic rings. The summed E-state index contributed by atoms with van der Waals surface area (Å²) in [6, 6.07) is 10.0. The molecule has 8 N–H and O–H groups in total. The minimum atomic E-state index is -1.02. The molecule has 294 valence electrons. The molecule has 2 saturated heterocycles. The van der Waals surface area contributed by atoms with Gasteiger partial charge in [-0.25, -0.2) is 0 Å². The predicted octanol–water partition coefficient (Wildman–Crippen LogP) is 1.52. The molecule has 0 radical (unpaired) electrons. The summed E-state index contributed by atoms with van der Waals surface area (Å²) >= 11 is 0. The molecule has 2 heterocycles. The number of carbonyl (C=O) groups excluding carboxylic acids is 6. The van der Waals surface area contributed by atoms with Crippen molar-refractivity contribution >= 4 is 35.4 Å². The number of likely N-dealkylation sites (tertiary alicyclic amines) is 2. The van der Waals surface area contributed by atoms with Crippen molar-refractivity contribution in [2.45, 2.75) is 115 Å². The third-order valence-electron chi connectivity index (χ3n) is 10.9. The molecule has 8 atom stereocenters. The maximum absolute atomic E-state index is 14.3. The van der Waals surface area contributed by atoms with Gasteiger partial charge in [-0.3, -0.25) is 28.8 Å². The van der Waals surface area contributed by atoms with Crippen molar-refractivity contribution in [1.29, 1.82) is 0 Å². The first kappa shape index (κ1) is 41.8. The van der Waals surface area contributed by atoms with Crippen molar-refractivity contribution in [3.63, 3.8) is 0 Å². The number of phenols is 1. The second kappa shape index (κ2) is 19.4. The van der Waals surface area contributed by atoms with E-state index in [1.54, 1.807) is 12.1 Å². The maximum Gasteiger partial charge on any atom is 0.246 e. The molecule has 14 nitrogen and oxygen atoms in total. The quantitative estimate of drug-likeness (QED) is 0.139. The molecule has 14 heteroatoms. The van der Waals surface area contributed by atoms with Crippen LogP contribution in [0.3, 0.4) is 0 Å². The summed E-state index contributed by atoms with van der Waals surface area (Å²) in [6.45, 7) is 8.07. The summed E-state index contributed by atoms with van der Waals surface area (Å²) < 4.78 is 0. The normalized spacial score (nSPS) is 20.2. The highest BCUT2D eigenvalue weighted by atomic mass is 16.3. The first-order chi connectivity index (χ1) is 25.7. The number of rotatable bonds is 17. The fraction of sp³-hybridized carbons (Fsp3) is 0.550. The number of hydrogen-bond acceptors (Lipinski definition) is 8. The zero-order chi connectivity index (χ0) is 39.5. The van der Waals surface area contributed by atoms with Gasteiger partial charge < -0.3 is 42.3 Å². The summed E-state index contributed by atoms with van der Waals surface area (Å²) in [5.41, 5.74) is 13.4. The van der Waals surface area contributed by atoms with Gasteiger partial charge in [0, 0.05) is 19.5 Å². The molecule has 2 fully saturated rings. The van der Waals surface area contributed by atoms with Gasteiger partial charge in [-0.15, -0.1) is 0 Å². The van der Waals surface area contributed by atoms with E-state index in [2.05, 4.69) is 16.0 Å². The molecule has 4 rings (SSSR count). The number of hydrogen-bond donors (Lipinski definition) is 6. The van der Waals surface area contributed by atoms with Gasteiger partial charge in [0.05, 0.1) is 6.04 Å². The summed E-state index contributed by atoms with van der Waals surface area (Å²) in [5, 5.41) is 18.2. The van der Waals surface area contributed by atoms with Crippen LogP contribution in [0.1, 0.15) is 77.3 Å². The van der Waals surface area contributed by atoms with E-state index in [9.17, 15) is 33.9 Å². The largest absolute Gasteiger partial charge is 0.508 e.